The van der Waals surface area contributed by atoms with Gasteiger partial charge in [-0.2, -0.15) is 0 Å². The summed E-state index contributed by atoms with van der Waals surface area (Å²) in [5.41, 5.74) is 0.230. The van der Waals surface area contributed by atoms with E-state index in [-0.39, 0.29) is 29.3 Å². The fraction of sp³-hybridized carbons (Fsp3) is 0.611. The maximum Gasteiger partial charge on any atom is 0.255 e. The Balaban J connectivity index is 1.79. The molecule has 6 heteroatoms. The van der Waals surface area contributed by atoms with Crippen molar-refractivity contribution in [2.45, 2.75) is 39.2 Å². The van der Waals surface area contributed by atoms with Crippen molar-refractivity contribution in [1.29, 1.82) is 0 Å². The average Bonchev–Trinajstić information content (AvgIpc) is 3.37. The zero-order valence-corrected chi connectivity index (χ0v) is 14.3. The fourth-order valence-corrected chi connectivity index (χ4v) is 3.27. The Hall–Kier alpha value is -2.11. The van der Waals surface area contributed by atoms with Crippen molar-refractivity contribution in [1.82, 2.24) is 14.8 Å². The molecular weight excluding hydrogens is 306 g/mol. The number of rotatable bonds is 4. The molecule has 2 amide bonds. The van der Waals surface area contributed by atoms with Gasteiger partial charge in [0.2, 0.25) is 11.5 Å². The van der Waals surface area contributed by atoms with E-state index < -0.39 is 0 Å². The van der Waals surface area contributed by atoms with Crippen LogP contribution in [-0.4, -0.2) is 52.3 Å². The summed E-state index contributed by atoms with van der Waals surface area (Å²) >= 11 is 0. The van der Waals surface area contributed by atoms with Gasteiger partial charge >= 0.3 is 0 Å². The van der Waals surface area contributed by atoms with E-state index in [1.165, 1.54) is 25.1 Å². The van der Waals surface area contributed by atoms with Gasteiger partial charge in [0.15, 0.2) is 0 Å². The Morgan fingerprint density at radius 1 is 1.29 bits per heavy atom. The van der Waals surface area contributed by atoms with E-state index in [4.69, 9.17) is 0 Å². The van der Waals surface area contributed by atoms with Crippen LogP contribution in [0.1, 0.15) is 43.5 Å². The van der Waals surface area contributed by atoms with E-state index >= 15 is 0 Å². The summed E-state index contributed by atoms with van der Waals surface area (Å²) in [6.45, 7) is 6.01. The highest BCUT2D eigenvalue weighted by atomic mass is 16.2. The van der Waals surface area contributed by atoms with Gasteiger partial charge < -0.3 is 14.8 Å². The summed E-state index contributed by atoms with van der Waals surface area (Å²) in [4.78, 5) is 42.8. The number of aromatic amines is 1. The molecule has 6 nitrogen and oxygen atoms in total. The monoisotopic (exact) mass is 331 g/mol. The Morgan fingerprint density at radius 3 is 2.62 bits per heavy atom. The summed E-state index contributed by atoms with van der Waals surface area (Å²) in [6.07, 6.45) is 4.22. The van der Waals surface area contributed by atoms with Gasteiger partial charge in [-0.25, -0.2) is 0 Å². The lowest BCUT2D eigenvalue weighted by molar-refractivity contribution is -0.133. The van der Waals surface area contributed by atoms with Gasteiger partial charge in [-0.1, -0.05) is 13.8 Å². The first-order valence-corrected chi connectivity index (χ1v) is 8.73. The molecule has 0 unspecified atom stereocenters. The van der Waals surface area contributed by atoms with Gasteiger partial charge in [-0.15, -0.1) is 0 Å². The molecule has 0 aromatic carbocycles. The van der Waals surface area contributed by atoms with Crippen molar-refractivity contribution in [2.75, 3.05) is 19.6 Å². The van der Waals surface area contributed by atoms with Crippen molar-refractivity contribution in [3.8, 4) is 0 Å². The van der Waals surface area contributed by atoms with Crippen LogP contribution in [0, 0.1) is 11.8 Å². The molecule has 1 N–H and O–H groups in total. The number of aromatic nitrogens is 1. The summed E-state index contributed by atoms with van der Waals surface area (Å²) in [5, 5.41) is 0. The highest BCUT2D eigenvalue weighted by Gasteiger charge is 2.36. The molecule has 24 heavy (non-hydrogen) atoms. The van der Waals surface area contributed by atoms with Gasteiger partial charge in [-0.3, -0.25) is 14.4 Å². The molecule has 0 bridgehead atoms. The van der Waals surface area contributed by atoms with Gasteiger partial charge in [-0.05, 0) is 30.7 Å². The van der Waals surface area contributed by atoms with Crippen LogP contribution in [0.5, 0.6) is 0 Å². The summed E-state index contributed by atoms with van der Waals surface area (Å²) in [5.74, 6) is 0.948. The summed E-state index contributed by atoms with van der Waals surface area (Å²) in [7, 11) is 0. The number of pyridine rings is 1. The molecule has 1 aromatic heterocycles. The molecule has 1 saturated carbocycles. The number of hydrogen-bond acceptors (Lipinski definition) is 3. The number of carbonyl (C=O) groups excluding carboxylic acids is 2. The predicted octanol–water partition coefficient (Wildman–Crippen LogP) is 1.48. The maximum atomic E-state index is 12.8. The zero-order valence-electron chi connectivity index (χ0n) is 14.3. The quantitative estimate of drug-likeness (QED) is 0.908. The second-order valence-electron chi connectivity index (χ2n) is 7.24. The number of nitrogens with zero attached hydrogens (tertiary/aromatic N) is 2. The molecule has 0 spiro atoms. The van der Waals surface area contributed by atoms with E-state index in [1.807, 2.05) is 4.90 Å². The minimum atomic E-state index is -0.228. The molecule has 1 aliphatic carbocycles. The Labute approximate surface area is 141 Å². The Kier molecular flexibility index (Phi) is 4.73. The lowest BCUT2D eigenvalue weighted by atomic mass is 10.0. The molecule has 0 radical (unpaired) electrons. The van der Waals surface area contributed by atoms with Gasteiger partial charge in [0, 0.05) is 38.3 Å². The minimum Gasteiger partial charge on any atom is -0.337 e. The molecule has 130 valence electrons. The zero-order chi connectivity index (χ0) is 17.3. The van der Waals surface area contributed by atoms with Crippen molar-refractivity contribution in [2.24, 2.45) is 11.8 Å². The van der Waals surface area contributed by atoms with E-state index in [0.29, 0.717) is 31.0 Å². The highest BCUT2D eigenvalue weighted by Crippen LogP contribution is 2.32. The van der Waals surface area contributed by atoms with Crippen LogP contribution in [0.15, 0.2) is 23.1 Å². The minimum absolute atomic E-state index is 0.0484. The third kappa shape index (κ3) is 3.68. The molecular formula is C18H25N3O3. The van der Waals surface area contributed by atoms with Crippen LogP contribution in [0.2, 0.25) is 0 Å². The number of carbonyl (C=O) groups is 2. The van der Waals surface area contributed by atoms with Gasteiger partial charge in [0.25, 0.3) is 5.91 Å². The Bertz CT molecular complexity index is 658. The average molecular weight is 331 g/mol. The number of H-pyrrole nitrogens is 1. The summed E-state index contributed by atoms with van der Waals surface area (Å²) in [6, 6.07) is 2.95. The standard InChI is InChI=1S/C18H25N3O3/c1-12(2)15-11-20(18(24)14-5-6-16(22)19-9-14)8-7-17(23)21(15)10-13-3-4-13/h5-6,9,12-13,15H,3-4,7-8,10-11H2,1-2H3,(H,19,22)/t15-/m0/s1. The van der Waals surface area contributed by atoms with Crippen molar-refractivity contribution < 1.29 is 9.59 Å². The lowest BCUT2D eigenvalue weighted by Gasteiger charge is -2.34. The van der Waals surface area contributed by atoms with Crippen LogP contribution in [0.3, 0.4) is 0 Å². The van der Waals surface area contributed by atoms with Crippen LogP contribution in [-0.2, 0) is 4.79 Å². The molecule has 1 aliphatic heterocycles. The lowest BCUT2D eigenvalue weighted by Crippen LogP contribution is -2.48. The normalized spacial score (nSPS) is 22.0. The largest absolute Gasteiger partial charge is 0.337 e. The van der Waals surface area contributed by atoms with E-state index in [2.05, 4.69) is 18.8 Å². The first-order valence-electron chi connectivity index (χ1n) is 8.73. The van der Waals surface area contributed by atoms with E-state index in [1.54, 1.807) is 11.0 Å². The molecule has 2 heterocycles. The smallest absolute Gasteiger partial charge is 0.255 e. The van der Waals surface area contributed by atoms with Crippen LogP contribution >= 0.6 is 0 Å². The first-order chi connectivity index (χ1) is 11.5. The van der Waals surface area contributed by atoms with Crippen LogP contribution in [0.4, 0.5) is 0 Å². The van der Waals surface area contributed by atoms with Gasteiger partial charge in [0.1, 0.15) is 0 Å². The first kappa shape index (κ1) is 16.7. The van der Waals surface area contributed by atoms with Crippen molar-refractivity contribution in [3.63, 3.8) is 0 Å². The molecule has 2 aliphatic rings. The maximum absolute atomic E-state index is 12.8. The topological polar surface area (TPSA) is 73.5 Å². The molecule has 1 saturated heterocycles. The molecule has 1 atom stereocenters. The summed E-state index contributed by atoms with van der Waals surface area (Å²) < 4.78 is 0. The fourth-order valence-electron chi connectivity index (χ4n) is 3.27. The number of amides is 2. The van der Waals surface area contributed by atoms with Crippen LogP contribution < -0.4 is 5.56 Å². The molecule has 2 fully saturated rings. The molecule has 1 aromatic rings. The van der Waals surface area contributed by atoms with Gasteiger partial charge in [0.05, 0.1) is 11.6 Å². The SMILES string of the molecule is CC(C)[C@@H]1CN(C(=O)c2ccc(=O)[nH]c2)CCC(=O)N1CC1CC1. The second kappa shape index (κ2) is 6.79. The van der Waals surface area contributed by atoms with Crippen molar-refractivity contribution in [3.05, 3.63) is 34.2 Å². The second-order valence-corrected chi connectivity index (χ2v) is 7.24. The number of nitrogens with one attached hydrogen (secondary N) is 1. The van der Waals surface area contributed by atoms with Crippen molar-refractivity contribution >= 4 is 11.8 Å². The Morgan fingerprint density at radius 2 is 2.04 bits per heavy atom. The third-order valence-corrected chi connectivity index (χ3v) is 4.96. The van der Waals surface area contributed by atoms with E-state index in [0.717, 1.165) is 6.54 Å². The van der Waals surface area contributed by atoms with Crippen LogP contribution in [0.25, 0.3) is 0 Å². The van der Waals surface area contributed by atoms with E-state index in [9.17, 15) is 14.4 Å². The molecule has 3 rings (SSSR count). The highest BCUT2D eigenvalue weighted by molar-refractivity contribution is 5.94. The predicted molar refractivity (Wildman–Crippen MR) is 90.6 cm³/mol. The third-order valence-electron chi connectivity index (χ3n) is 4.96. The number of hydrogen-bond donors (Lipinski definition) is 1.